The zero-order valence-corrected chi connectivity index (χ0v) is 16.1. The van der Waals surface area contributed by atoms with Crippen LogP contribution in [0.4, 0.5) is 13.2 Å². The Morgan fingerprint density at radius 1 is 1.27 bits per heavy atom. The van der Waals surface area contributed by atoms with Crippen LogP contribution >= 0.6 is 0 Å². The summed E-state index contributed by atoms with van der Waals surface area (Å²) in [5.41, 5.74) is -0.649. The number of carbonyl (C=O) groups is 2. The van der Waals surface area contributed by atoms with Crippen molar-refractivity contribution in [3.8, 4) is 11.4 Å². The molecule has 0 unspecified atom stereocenters. The molecule has 0 spiro atoms. The Morgan fingerprint density at radius 3 is 2.77 bits per heavy atom. The lowest BCUT2D eigenvalue weighted by atomic mass is 10.1. The summed E-state index contributed by atoms with van der Waals surface area (Å²) in [4.78, 5) is 31.7. The van der Waals surface area contributed by atoms with E-state index >= 15 is 0 Å². The maximum absolute atomic E-state index is 12.9. The van der Waals surface area contributed by atoms with Gasteiger partial charge in [0.15, 0.2) is 6.10 Å². The number of hydrogen-bond acceptors (Lipinski definition) is 6. The molecule has 30 heavy (non-hydrogen) atoms. The molecule has 0 aliphatic carbocycles. The van der Waals surface area contributed by atoms with Gasteiger partial charge in [-0.1, -0.05) is 17.3 Å². The van der Waals surface area contributed by atoms with Crippen LogP contribution in [0.15, 0.2) is 28.8 Å². The Morgan fingerprint density at radius 2 is 2.07 bits per heavy atom. The van der Waals surface area contributed by atoms with E-state index in [9.17, 15) is 22.8 Å². The summed E-state index contributed by atoms with van der Waals surface area (Å²) in [7, 11) is 1.66. The third-order valence-corrected chi connectivity index (χ3v) is 5.23. The first-order valence-electron chi connectivity index (χ1n) is 9.38. The van der Waals surface area contributed by atoms with Gasteiger partial charge in [0.2, 0.25) is 17.6 Å². The van der Waals surface area contributed by atoms with Gasteiger partial charge in [0.25, 0.3) is 5.89 Å². The van der Waals surface area contributed by atoms with Crippen molar-refractivity contribution in [1.29, 1.82) is 0 Å². The smallest absolute Gasteiger partial charge is 0.365 e. The zero-order chi connectivity index (χ0) is 21.5. The number of aromatic nitrogens is 2. The second kappa shape index (κ2) is 7.71. The number of ether oxygens (including phenoxy) is 1. The number of hydrogen-bond donors (Lipinski definition) is 0. The molecule has 8 nitrogen and oxygen atoms in total. The van der Waals surface area contributed by atoms with Gasteiger partial charge in [-0.3, -0.25) is 9.59 Å². The Hall–Kier alpha value is -2.95. The number of benzene rings is 1. The molecule has 0 N–H and O–H groups in total. The molecule has 11 heteroatoms. The molecule has 0 bridgehead atoms. The fraction of sp³-hybridized carbons (Fsp3) is 0.474. The normalized spacial score (nSPS) is 22.6. The molecule has 160 valence electrons. The minimum Gasteiger partial charge on any atom is -0.365 e. The van der Waals surface area contributed by atoms with E-state index in [4.69, 9.17) is 9.26 Å². The van der Waals surface area contributed by atoms with Crippen molar-refractivity contribution < 1.29 is 32.0 Å². The summed E-state index contributed by atoms with van der Waals surface area (Å²) in [6, 6.07) is 4.63. The summed E-state index contributed by atoms with van der Waals surface area (Å²) in [6.07, 6.45) is -4.99. The highest BCUT2D eigenvalue weighted by atomic mass is 19.4. The Labute approximate surface area is 169 Å². The Balaban J connectivity index is 1.47. The topological polar surface area (TPSA) is 88.8 Å². The average Bonchev–Trinajstić information content (AvgIpc) is 3.34. The summed E-state index contributed by atoms with van der Waals surface area (Å²) in [5.74, 6) is -0.519. The molecule has 2 aliphatic rings. The van der Waals surface area contributed by atoms with Crippen LogP contribution in [0, 0.1) is 5.92 Å². The number of alkyl halides is 3. The predicted molar refractivity (Wildman–Crippen MR) is 95.8 cm³/mol. The SMILES string of the molecule is CN1C[C@@H](C(=O)N2CCO[C@@H](c3nc(-c4cccc(C(F)(F)F)c4)no3)C2)CC1=O. The molecule has 4 rings (SSSR count). The Bertz CT molecular complexity index is 961. The van der Waals surface area contributed by atoms with Crippen LogP contribution in [0.1, 0.15) is 24.0 Å². The van der Waals surface area contributed by atoms with Gasteiger partial charge in [0, 0.05) is 32.1 Å². The van der Waals surface area contributed by atoms with Crippen LogP contribution in [0.5, 0.6) is 0 Å². The maximum atomic E-state index is 12.9. The Kier molecular flexibility index (Phi) is 5.22. The van der Waals surface area contributed by atoms with Crippen molar-refractivity contribution in [3.05, 3.63) is 35.7 Å². The molecule has 2 aromatic rings. The molecular weight excluding hydrogens is 405 g/mol. The minimum absolute atomic E-state index is 0.00571. The second-order valence-corrected chi connectivity index (χ2v) is 7.35. The first kappa shape index (κ1) is 20.3. The third kappa shape index (κ3) is 4.02. The molecule has 1 aromatic carbocycles. The highest BCUT2D eigenvalue weighted by Gasteiger charge is 2.38. The largest absolute Gasteiger partial charge is 0.416 e. The van der Waals surface area contributed by atoms with Gasteiger partial charge in [-0.2, -0.15) is 18.2 Å². The minimum atomic E-state index is -4.48. The van der Waals surface area contributed by atoms with Gasteiger partial charge < -0.3 is 19.1 Å². The monoisotopic (exact) mass is 424 g/mol. The van der Waals surface area contributed by atoms with Gasteiger partial charge >= 0.3 is 6.18 Å². The van der Waals surface area contributed by atoms with Crippen LogP contribution in [-0.2, 0) is 20.5 Å². The lowest BCUT2D eigenvalue weighted by Gasteiger charge is -2.32. The molecule has 0 radical (unpaired) electrons. The van der Waals surface area contributed by atoms with E-state index in [1.54, 1.807) is 11.9 Å². The first-order valence-corrected chi connectivity index (χ1v) is 9.38. The van der Waals surface area contributed by atoms with Gasteiger partial charge in [0.1, 0.15) is 0 Å². The molecule has 3 heterocycles. The highest BCUT2D eigenvalue weighted by Crippen LogP contribution is 2.32. The predicted octanol–water partition coefficient (Wildman–Crippen LogP) is 2.13. The number of rotatable bonds is 3. The molecule has 2 amide bonds. The van der Waals surface area contributed by atoms with Gasteiger partial charge in [-0.05, 0) is 12.1 Å². The molecule has 2 saturated heterocycles. The van der Waals surface area contributed by atoms with Crippen molar-refractivity contribution in [3.63, 3.8) is 0 Å². The van der Waals surface area contributed by atoms with Crippen molar-refractivity contribution in [2.75, 3.05) is 33.3 Å². The van der Waals surface area contributed by atoms with E-state index in [0.717, 1.165) is 12.1 Å². The van der Waals surface area contributed by atoms with Gasteiger partial charge in [0.05, 0.1) is 24.6 Å². The third-order valence-electron chi connectivity index (χ3n) is 5.23. The molecule has 0 saturated carbocycles. The van der Waals surface area contributed by atoms with Crippen LogP contribution in [0.3, 0.4) is 0 Å². The van der Waals surface area contributed by atoms with E-state index < -0.39 is 23.8 Å². The van der Waals surface area contributed by atoms with E-state index in [1.165, 1.54) is 17.0 Å². The number of nitrogens with zero attached hydrogens (tertiary/aromatic N) is 4. The van der Waals surface area contributed by atoms with Crippen LogP contribution in [0.25, 0.3) is 11.4 Å². The van der Waals surface area contributed by atoms with Crippen LogP contribution in [0.2, 0.25) is 0 Å². The highest BCUT2D eigenvalue weighted by molar-refractivity contribution is 5.89. The average molecular weight is 424 g/mol. The molecular formula is C19H19F3N4O4. The van der Waals surface area contributed by atoms with Gasteiger partial charge in [-0.25, -0.2) is 0 Å². The zero-order valence-electron chi connectivity index (χ0n) is 16.1. The molecule has 1 aromatic heterocycles. The number of carbonyl (C=O) groups excluding carboxylic acids is 2. The summed E-state index contributed by atoms with van der Waals surface area (Å²) in [5, 5.41) is 3.76. The lowest BCUT2D eigenvalue weighted by Crippen LogP contribution is -2.45. The molecule has 2 fully saturated rings. The number of halogens is 3. The van der Waals surface area contributed by atoms with Crippen molar-refractivity contribution in [2.45, 2.75) is 18.7 Å². The number of morpholine rings is 1. The molecule has 2 aliphatic heterocycles. The van der Waals surface area contributed by atoms with E-state index in [-0.39, 0.29) is 48.7 Å². The van der Waals surface area contributed by atoms with Crippen LogP contribution < -0.4 is 0 Å². The number of likely N-dealkylation sites (tertiary alicyclic amines) is 1. The number of amides is 2. The van der Waals surface area contributed by atoms with E-state index in [0.29, 0.717) is 13.1 Å². The summed E-state index contributed by atoms with van der Waals surface area (Å²) in [6.45, 7) is 1.16. The van der Waals surface area contributed by atoms with Crippen LogP contribution in [-0.4, -0.2) is 65.0 Å². The fourth-order valence-electron chi connectivity index (χ4n) is 3.60. The second-order valence-electron chi connectivity index (χ2n) is 7.35. The van der Waals surface area contributed by atoms with Crippen molar-refractivity contribution in [2.24, 2.45) is 5.92 Å². The van der Waals surface area contributed by atoms with Gasteiger partial charge in [-0.15, -0.1) is 0 Å². The summed E-state index contributed by atoms with van der Waals surface area (Å²) >= 11 is 0. The van der Waals surface area contributed by atoms with Crippen molar-refractivity contribution in [1.82, 2.24) is 19.9 Å². The maximum Gasteiger partial charge on any atom is 0.416 e. The molecule has 2 atom stereocenters. The fourth-order valence-corrected chi connectivity index (χ4v) is 3.60. The standard InChI is InChI=1S/C19H19F3N4O4/c1-25-9-12(8-15(25)27)18(28)26-5-6-29-14(10-26)17-23-16(24-30-17)11-3-2-4-13(7-11)19(20,21)22/h2-4,7,12,14H,5-6,8-10H2,1H3/t12-,14+/m0/s1. The first-order chi connectivity index (χ1) is 14.2. The van der Waals surface area contributed by atoms with E-state index in [1.807, 2.05) is 0 Å². The quantitative estimate of drug-likeness (QED) is 0.750. The lowest BCUT2D eigenvalue weighted by molar-refractivity contribution is -0.144. The van der Waals surface area contributed by atoms with E-state index in [2.05, 4.69) is 10.1 Å². The summed E-state index contributed by atoms with van der Waals surface area (Å²) < 4.78 is 49.6. The van der Waals surface area contributed by atoms with Crippen molar-refractivity contribution >= 4 is 11.8 Å².